The highest BCUT2D eigenvalue weighted by Crippen LogP contribution is 2.25. The highest BCUT2D eigenvalue weighted by molar-refractivity contribution is 5.65. The molecule has 0 heterocycles. The third kappa shape index (κ3) is 2.89. The van der Waals surface area contributed by atoms with E-state index < -0.39 is 0 Å². The van der Waals surface area contributed by atoms with E-state index in [2.05, 4.69) is 0 Å². The molecular weight excluding hydrogens is 144 g/mol. The molecule has 2 atom stereocenters. The SMILES string of the molecule is CC(=O)OC[C@H]1CC[C@@H](O)C1. The van der Waals surface area contributed by atoms with Gasteiger partial charge in [-0.1, -0.05) is 0 Å². The molecule has 0 aromatic carbocycles. The van der Waals surface area contributed by atoms with Gasteiger partial charge in [-0.25, -0.2) is 0 Å². The number of hydrogen-bond donors (Lipinski definition) is 1. The van der Waals surface area contributed by atoms with Crippen LogP contribution in [0.15, 0.2) is 0 Å². The normalized spacial score (nSPS) is 30.4. The van der Waals surface area contributed by atoms with E-state index in [-0.39, 0.29) is 12.1 Å². The van der Waals surface area contributed by atoms with Crippen LogP contribution in [-0.2, 0) is 9.53 Å². The largest absolute Gasteiger partial charge is 0.466 e. The lowest BCUT2D eigenvalue weighted by Crippen LogP contribution is -2.10. The van der Waals surface area contributed by atoms with Gasteiger partial charge in [0.05, 0.1) is 12.7 Å². The molecule has 0 radical (unpaired) electrons. The molecule has 1 saturated carbocycles. The summed E-state index contributed by atoms with van der Waals surface area (Å²) in [6.45, 7) is 1.89. The molecule has 0 amide bonds. The number of aliphatic hydroxyl groups excluding tert-OH is 1. The maximum atomic E-state index is 10.4. The number of carbonyl (C=O) groups is 1. The summed E-state index contributed by atoms with van der Waals surface area (Å²) in [5.74, 6) is 0.153. The van der Waals surface area contributed by atoms with Gasteiger partial charge in [0.15, 0.2) is 0 Å². The summed E-state index contributed by atoms with van der Waals surface area (Å²) in [7, 11) is 0. The molecule has 0 bridgehead atoms. The van der Waals surface area contributed by atoms with Crippen molar-refractivity contribution in [1.82, 2.24) is 0 Å². The fourth-order valence-electron chi connectivity index (χ4n) is 1.44. The second kappa shape index (κ2) is 3.72. The summed E-state index contributed by atoms with van der Waals surface area (Å²) in [5, 5.41) is 9.12. The molecule has 1 N–H and O–H groups in total. The van der Waals surface area contributed by atoms with Gasteiger partial charge in [0.2, 0.25) is 0 Å². The maximum Gasteiger partial charge on any atom is 0.302 e. The quantitative estimate of drug-likeness (QED) is 0.602. The van der Waals surface area contributed by atoms with E-state index in [0.29, 0.717) is 12.5 Å². The van der Waals surface area contributed by atoms with Gasteiger partial charge in [-0.05, 0) is 25.2 Å². The molecule has 64 valence electrons. The Morgan fingerprint density at radius 1 is 1.64 bits per heavy atom. The third-order valence-electron chi connectivity index (χ3n) is 2.04. The zero-order valence-electron chi connectivity index (χ0n) is 6.75. The van der Waals surface area contributed by atoms with E-state index in [1.807, 2.05) is 0 Å². The fraction of sp³-hybridized carbons (Fsp3) is 0.875. The van der Waals surface area contributed by atoms with E-state index >= 15 is 0 Å². The van der Waals surface area contributed by atoms with Gasteiger partial charge >= 0.3 is 5.97 Å². The van der Waals surface area contributed by atoms with Crippen molar-refractivity contribution in [3.63, 3.8) is 0 Å². The molecule has 0 spiro atoms. The van der Waals surface area contributed by atoms with Crippen molar-refractivity contribution in [2.75, 3.05) is 6.61 Å². The van der Waals surface area contributed by atoms with Gasteiger partial charge in [0.1, 0.15) is 0 Å². The molecule has 0 aromatic rings. The van der Waals surface area contributed by atoms with E-state index in [1.165, 1.54) is 6.92 Å². The zero-order chi connectivity index (χ0) is 8.27. The Kier molecular flexibility index (Phi) is 2.88. The summed E-state index contributed by atoms with van der Waals surface area (Å²) in [6, 6.07) is 0. The van der Waals surface area contributed by atoms with Crippen molar-refractivity contribution in [3.8, 4) is 0 Å². The fourth-order valence-corrected chi connectivity index (χ4v) is 1.44. The summed E-state index contributed by atoms with van der Waals surface area (Å²) >= 11 is 0. The molecule has 0 aliphatic heterocycles. The van der Waals surface area contributed by atoms with Gasteiger partial charge in [0.25, 0.3) is 0 Å². The molecule has 1 fully saturated rings. The first-order valence-corrected chi connectivity index (χ1v) is 4.00. The van der Waals surface area contributed by atoms with E-state index in [0.717, 1.165) is 19.3 Å². The standard InChI is InChI=1S/C8H14O3/c1-6(9)11-5-7-2-3-8(10)4-7/h7-8,10H,2-5H2,1H3/t7-,8+/m0/s1. The monoisotopic (exact) mass is 158 g/mol. The highest BCUT2D eigenvalue weighted by atomic mass is 16.5. The van der Waals surface area contributed by atoms with Crippen LogP contribution in [0.2, 0.25) is 0 Å². The van der Waals surface area contributed by atoms with E-state index in [9.17, 15) is 4.79 Å². The van der Waals surface area contributed by atoms with Crippen LogP contribution >= 0.6 is 0 Å². The minimum absolute atomic E-state index is 0.171. The van der Waals surface area contributed by atoms with Crippen LogP contribution in [0.25, 0.3) is 0 Å². The van der Waals surface area contributed by atoms with E-state index in [1.54, 1.807) is 0 Å². The molecule has 0 unspecified atom stereocenters. The van der Waals surface area contributed by atoms with Crippen LogP contribution in [0.1, 0.15) is 26.2 Å². The summed E-state index contributed by atoms with van der Waals surface area (Å²) in [4.78, 5) is 10.4. The molecule has 0 saturated heterocycles. The lowest BCUT2D eigenvalue weighted by atomic mass is 10.1. The molecule has 11 heavy (non-hydrogen) atoms. The third-order valence-corrected chi connectivity index (χ3v) is 2.04. The first-order chi connectivity index (χ1) is 5.18. The van der Waals surface area contributed by atoms with Crippen LogP contribution in [0, 0.1) is 5.92 Å². The van der Waals surface area contributed by atoms with Crippen LogP contribution in [0.5, 0.6) is 0 Å². The topological polar surface area (TPSA) is 46.5 Å². The Bertz CT molecular complexity index is 144. The number of aliphatic hydroxyl groups is 1. The molecule has 1 aliphatic carbocycles. The summed E-state index contributed by atoms with van der Waals surface area (Å²) < 4.78 is 4.82. The van der Waals surface area contributed by atoms with Crippen LogP contribution < -0.4 is 0 Å². The lowest BCUT2D eigenvalue weighted by Gasteiger charge is -2.07. The Morgan fingerprint density at radius 2 is 2.36 bits per heavy atom. The number of rotatable bonds is 2. The van der Waals surface area contributed by atoms with Crippen LogP contribution in [-0.4, -0.2) is 23.8 Å². The number of ether oxygens (including phenoxy) is 1. The average molecular weight is 158 g/mol. The Balaban J connectivity index is 2.13. The molecule has 0 aromatic heterocycles. The molecule has 3 nitrogen and oxygen atoms in total. The predicted molar refractivity (Wildman–Crippen MR) is 40.0 cm³/mol. The molecule has 3 heteroatoms. The van der Waals surface area contributed by atoms with Crippen molar-refractivity contribution >= 4 is 5.97 Å². The first kappa shape index (κ1) is 8.53. The van der Waals surface area contributed by atoms with Crippen molar-refractivity contribution < 1.29 is 14.6 Å². The van der Waals surface area contributed by atoms with Gasteiger partial charge in [0, 0.05) is 6.92 Å². The predicted octanol–water partition coefficient (Wildman–Crippen LogP) is 0.711. The number of carbonyl (C=O) groups excluding carboxylic acids is 1. The van der Waals surface area contributed by atoms with Gasteiger partial charge in [-0.3, -0.25) is 4.79 Å². The van der Waals surface area contributed by atoms with E-state index in [4.69, 9.17) is 9.84 Å². The highest BCUT2D eigenvalue weighted by Gasteiger charge is 2.23. The number of hydrogen-bond acceptors (Lipinski definition) is 3. The van der Waals surface area contributed by atoms with Crippen molar-refractivity contribution in [3.05, 3.63) is 0 Å². The Labute approximate surface area is 66.4 Å². The maximum absolute atomic E-state index is 10.4. The van der Waals surface area contributed by atoms with Crippen molar-refractivity contribution in [1.29, 1.82) is 0 Å². The Hall–Kier alpha value is -0.570. The van der Waals surface area contributed by atoms with Crippen molar-refractivity contribution in [2.24, 2.45) is 5.92 Å². The Morgan fingerprint density at radius 3 is 2.82 bits per heavy atom. The summed E-state index contributed by atoms with van der Waals surface area (Å²) in [5.41, 5.74) is 0. The smallest absolute Gasteiger partial charge is 0.302 e. The van der Waals surface area contributed by atoms with Crippen LogP contribution in [0.4, 0.5) is 0 Å². The second-order valence-electron chi connectivity index (χ2n) is 3.14. The zero-order valence-corrected chi connectivity index (χ0v) is 6.75. The van der Waals surface area contributed by atoms with Gasteiger partial charge in [-0.2, -0.15) is 0 Å². The lowest BCUT2D eigenvalue weighted by molar-refractivity contribution is -0.142. The summed E-state index contributed by atoms with van der Waals surface area (Å²) in [6.07, 6.45) is 2.45. The average Bonchev–Trinajstić information content (AvgIpc) is 2.31. The molecular formula is C8H14O3. The van der Waals surface area contributed by atoms with Gasteiger partial charge < -0.3 is 9.84 Å². The first-order valence-electron chi connectivity index (χ1n) is 4.00. The van der Waals surface area contributed by atoms with Gasteiger partial charge in [-0.15, -0.1) is 0 Å². The molecule has 1 aliphatic rings. The van der Waals surface area contributed by atoms with Crippen molar-refractivity contribution in [2.45, 2.75) is 32.3 Å². The van der Waals surface area contributed by atoms with Crippen LogP contribution in [0.3, 0.4) is 0 Å². The second-order valence-corrected chi connectivity index (χ2v) is 3.14. The number of esters is 1. The minimum Gasteiger partial charge on any atom is -0.466 e. The minimum atomic E-state index is -0.230. The molecule has 1 rings (SSSR count).